The summed E-state index contributed by atoms with van der Waals surface area (Å²) in [6.45, 7) is 5.20. The molecule has 1 atom stereocenters. The topological polar surface area (TPSA) is 65.0 Å². The Kier molecular flexibility index (Phi) is 4.07. The van der Waals surface area contributed by atoms with Crippen molar-refractivity contribution in [3.63, 3.8) is 0 Å². The van der Waals surface area contributed by atoms with Crippen molar-refractivity contribution < 1.29 is 24.1 Å². The molecule has 1 aromatic carbocycles. The van der Waals surface area contributed by atoms with Crippen LogP contribution in [0.15, 0.2) is 10.5 Å². The maximum Gasteiger partial charge on any atom is 0.336 e. The quantitative estimate of drug-likeness (QED) is 0.877. The summed E-state index contributed by atoms with van der Waals surface area (Å²) in [7, 11) is 0. The Morgan fingerprint density at radius 2 is 2.00 bits per heavy atom. The molecule has 1 aromatic rings. The second-order valence-corrected chi connectivity index (χ2v) is 6.60. The molecule has 0 radical (unpaired) electrons. The first-order valence-corrected chi connectivity index (χ1v) is 8.30. The number of carboxylic acid groups (broad SMARTS) is 1. The van der Waals surface area contributed by atoms with E-state index in [2.05, 4.69) is 15.9 Å². The fraction of sp³-hybridized carbons (Fsp3) is 0.562. The fourth-order valence-electron chi connectivity index (χ4n) is 3.25. The maximum absolute atomic E-state index is 11.4. The van der Waals surface area contributed by atoms with Gasteiger partial charge in [-0.1, -0.05) is 6.92 Å². The molecule has 0 amide bonds. The molecule has 2 heterocycles. The van der Waals surface area contributed by atoms with Crippen molar-refractivity contribution in [2.24, 2.45) is 5.92 Å². The van der Waals surface area contributed by atoms with Crippen molar-refractivity contribution in [2.45, 2.75) is 38.9 Å². The van der Waals surface area contributed by atoms with Gasteiger partial charge in [-0.2, -0.15) is 0 Å². The molecule has 0 bridgehead atoms. The molecule has 1 saturated heterocycles. The number of benzene rings is 1. The Morgan fingerprint density at radius 1 is 1.36 bits per heavy atom. The molecule has 3 rings (SSSR count). The molecular weight excluding hydrogens is 352 g/mol. The molecule has 22 heavy (non-hydrogen) atoms. The summed E-state index contributed by atoms with van der Waals surface area (Å²) in [6, 6.07) is 1.58. The van der Waals surface area contributed by atoms with Gasteiger partial charge in [0, 0.05) is 31.1 Å². The lowest BCUT2D eigenvalue weighted by atomic mass is 9.89. The predicted octanol–water partition coefficient (Wildman–Crippen LogP) is 3.76. The summed E-state index contributed by atoms with van der Waals surface area (Å²) in [5, 5.41) is 9.32. The zero-order chi connectivity index (χ0) is 15.9. The van der Waals surface area contributed by atoms with Gasteiger partial charge < -0.3 is 19.3 Å². The van der Waals surface area contributed by atoms with Crippen molar-refractivity contribution in [1.82, 2.24) is 0 Å². The molecule has 6 heteroatoms. The van der Waals surface area contributed by atoms with Gasteiger partial charge in [-0.15, -0.1) is 0 Å². The summed E-state index contributed by atoms with van der Waals surface area (Å²) in [5.74, 6) is -0.310. The molecule has 5 nitrogen and oxygen atoms in total. The Bertz CT molecular complexity index is 609. The normalized spacial score (nSPS) is 24.5. The van der Waals surface area contributed by atoms with Gasteiger partial charge in [-0.05, 0) is 41.8 Å². The van der Waals surface area contributed by atoms with E-state index in [1.165, 1.54) is 0 Å². The van der Waals surface area contributed by atoms with E-state index in [9.17, 15) is 9.90 Å². The third-order valence-electron chi connectivity index (χ3n) is 4.55. The van der Waals surface area contributed by atoms with Crippen LogP contribution in [0.4, 0.5) is 0 Å². The monoisotopic (exact) mass is 370 g/mol. The lowest BCUT2D eigenvalue weighted by molar-refractivity contribution is -0.152. The molecule has 2 aliphatic rings. The standard InChI is InChI=1S/C16H19BrO5/c1-3-16(10-4-6-20-7-5-10)21-13-9(2)11(15(18)19)8-12(17)14(13)22-16/h8,10H,3-7H2,1-2H3,(H,18,19). The van der Waals surface area contributed by atoms with Crippen molar-refractivity contribution in [3.05, 3.63) is 21.7 Å². The highest BCUT2D eigenvalue weighted by molar-refractivity contribution is 9.10. The Hall–Kier alpha value is -1.27. The molecule has 0 saturated carbocycles. The summed E-state index contributed by atoms with van der Waals surface area (Å²) in [5.41, 5.74) is 0.834. The van der Waals surface area contributed by atoms with E-state index in [0.717, 1.165) is 12.8 Å². The van der Waals surface area contributed by atoms with Crippen LogP contribution in [0.1, 0.15) is 42.1 Å². The highest BCUT2D eigenvalue weighted by atomic mass is 79.9. The first-order valence-electron chi connectivity index (χ1n) is 7.50. The summed E-state index contributed by atoms with van der Waals surface area (Å²) >= 11 is 3.41. The summed E-state index contributed by atoms with van der Waals surface area (Å²) < 4.78 is 18.5. The second-order valence-electron chi connectivity index (χ2n) is 5.75. The number of ether oxygens (including phenoxy) is 3. The largest absolute Gasteiger partial charge is 0.478 e. The molecule has 2 aliphatic heterocycles. The Morgan fingerprint density at radius 3 is 2.59 bits per heavy atom. The van der Waals surface area contributed by atoms with Crippen LogP contribution in [-0.4, -0.2) is 30.1 Å². The molecule has 1 fully saturated rings. The lowest BCUT2D eigenvalue weighted by Gasteiger charge is -2.36. The highest BCUT2D eigenvalue weighted by Crippen LogP contribution is 2.52. The van der Waals surface area contributed by atoms with E-state index in [1.807, 2.05) is 6.92 Å². The molecule has 0 aliphatic carbocycles. The third-order valence-corrected chi connectivity index (χ3v) is 5.14. The van der Waals surface area contributed by atoms with Crippen molar-refractivity contribution in [1.29, 1.82) is 0 Å². The first-order chi connectivity index (χ1) is 10.5. The average Bonchev–Trinajstić information content (AvgIpc) is 2.94. The SMILES string of the molecule is CCC1(C2CCOCC2)Oc2c(Br)cc(C(=O)O)c(C)c2O1. The molecule has 120 valence electrons. The van der Waals surface area contributed by atoms with Gasteiger partial charge in [0.1, 0.15) is 0 Å². The van der Waals surface area contributed by atoms with Crippen LogP contribution in [0.3, 0.4) is 0 Å². The second kappa shape index (κ2) is 5.74. The minimum Gasteiger partial charge on any atom is -0.478 e. The number of carbonyl (C=O) groups is 1. The van der Waals surface area contributed by atoms with Crippen molar-refractivity contribution >= 4 is 21.9 Å². The van der Waals surface area contributed by atoms with Crippen LogP contribution in [-0.2, 0) is 4.74 Å². The van der Waals surface area contributed by atoms with Crippen molar-refractivity contribution in [2.75, 3.05) is 13.2 Å². The number of carboxylic acids is 1. The van der Waals surface area contributed by atoms with Crippen LogP contribution < -0.4 is 9.47 Å². The van der Waals surface area contributed by atoms with Gasteiger partial charge in [0.2, 0.25) is 0 Å². The van der Waals surface area contributed by atoms with Gasteiger partial charge in [-0.25, -0.2) is 4.79 Å². The van der Waals surface area contributed by atoms with Gasteiger partial charge in [0.05, 0.1) is 10.0 Å². The maximum atomic E-state index is 11.4. The zero-order valence-electron chi connectivity index (χ0n) is 12.6. The minimum atomic E-state index is -0.968. The molecule has 0 aromatic heterocycles. The number of hydrogen-bond acceptors (Lipinski definition) is 4. The smallest absolute Gasteiger partial charge is 0.336 e. The number of halogens is 1. The van der Waals surface area contributed by atoms with E-state index in [0.29, 0.717) is 41.2 Å². The summed E-state index contributed by atoms with van der Waals surface area (Å²) in [4.78, 5) is 11.4. The van der Waals surface area contributed by atoms with E-state index >= 15 is 0 Å². The first kappa shape index (κ1) is 15.6. The van der Waals surface area contributed by atoms with E-state index < -0.39 is 11.8 Å². The van der Waals surface area contributed by atoms with Gasteiger partial charge in [0.15, 0.2) is 11.5 Å². The number of hydrogen-bond donors (Lipinski definition) is 1. The van der Waals surface area contributed by atoms with Crippen LogP contribution >= 0.6 is 15.9 Å². The van der Waals surface area contributed by atoms with Crippen LogP contribution in [0.25, 0.3) is 0 Å². The number of fused-ring (bicyclic) bond motifs is 1. The van der Waals surface area contributed by atoms with Gasteiger partial charge in [-0.3, -0.25) is 0 Å². The van der Waals surface area contributed by atoms with Gasteiger partial charge in [0.25, 0.3) is 5.79 Å². The van der Waals surface area contributed by atoms with Gasteiger partial charge >= 0.3 is 5.97 Å². The van der Waals surface area contributed by atoms with Crippen molar-refractivity contribution in [3.8, 4) is 11.5 Å². The minimum absolute atomic E-state index is 0.230. The van der Waals surface area contributed by atoms with Crippen LogP contribution in [0.5, 0.6) is 11.5 Å². The molecule has 0 spiro atoms. The molecular formula is C16H19BrO5. The fourth-order valence-corrected chi connectivity index (χ4v) is 3.74. The number of rotatable bonds is 3. The highest BCUT2D eigenvalue weighted by Gasteiger charge is 2.49. The van der Waals surface area contributed by atoms with E-state index in [4.69, 9.17) is 14.2 Å². The van der Waals surface area contributed by atoms with E-state index in [-0.39, 0.29) is 11.5 Å². The van der Waals surface area contributed by atoms with E-state index in [1.54, 1.807) is 13.0 Å². The summed E-state index contributed by atoms with van der Waals surface area (Å²) in [6.07, 6.45) is 2.45. The van der Waals surface area contributed by atoms with Crippen LogP contribution in [0, 0.1) is 12.8 Å². The Balaban J connectivity index is 2.01. The van der Waals surface area contributed by atoms with Crippen LogP contribution in [0.2, 0.25) is 0 Å². The zero-order valence-corrected chi connectivity index (χ0v) is 14.2. The number of aromatic carboxylic acids is 1. The molecule has 1 N–H and O–H groups in total. The third kappa shape index (κ3) is 2.38. The predicted molar refractivity (Wildman–Crippen MR) is 83.7 cm³/mol. The average molecular weight is 371 g/mol. The molecule has 1 unspecified atom stereocenters. The lowest BCUT2D eigenvalue weighted by Crippen LogP contribution is -2.47. The Labute approximate surface area is 137 Å².